The van der Waals surface area contributed by atoms with Gasteiger partial charge in [0.1, 0.15) is 12.4 Å². The van der Waals surface area contributed by atoms with Gasteiger partial charge in [-0.1, -0.05) is 65.2 Å². The van der Waals surface area contributed by atoms with Crippen LogP contribution in [-0.2, 0) is 9.53 Å². The maximum atomic E-state index is 10.9. The molecule has 0 aromatic heterocycles. The molecule has 19 heavy (non-hydrogen) atoms. The molecule has 0 aliphatic carbocycles. The second-order valence-electron chi connectivity index (χ2n) is 5.44. The van der Waals surface area contributed by atoms with E-state index in [1.54, 1.807) is 0 Å². The van der Waals surface area contributed by atoms with Crippen LogP contribution in [0.5, 0.6) is 0 Å². The quantitative estimate of drug-likeness (QED) is 0.387. The summed E-state index contributed by atoms with van der Waals surface area (Å²) in [7, 11) is 0. The van der Waals surface area contributed by atoms with Crippen LogP contribution >= 0.6 is 0 Å². The van der Waals surface area contributed by atoms with Crippen LogP contribution in [0, 0.1) is 5.92 Å². The van der Waals surface area contributed by atoms with Gasteiger partial charge >= 0.3 is 0 Å². The number of unbranched alkanes of at least 4 members (excludes halogenated alkanes) is 7. The molecule has 0 aliphatic rings. The Balaban J connectivity index is 3.45. The molecule has 0 spiro atoms. The van der Waals surface area contributed by atoms with E-state index >= 15 is 0 Å². The van der Waals surface area contributed by atoms with Crippen LogP contribution in [0.4, 0.5) is 0 Å². The van der Waals surface area contributed by atoms with Crippen LogP contribution in [0.1, 0.15) is 71.6 Å². The zero-order valence-corrected chi connectivity index (χ0v) is 12.8. The lowest BCUT2D eigenvalue weighted by atomic mass is 9.97. The van der Waals surface area contributed by atoms with Crippen molar-refractivity contribution in [2.75, 3.05) is 13.2 Å². The Morgan fingerprint density at radius 1 is 1.05 bits per heavy atom. The molecule has 3 heteroatoms. The predicted molar refractivity (Wildman–Crippen MR) is 79.3 cm³/mol. The smallest absolute Gasteiger partial charge is 0.149 e. The summed E-state index contributed by atoms with van der Waals surface area (Å²) in [6, 6.07) is 0. The second-order valence-corrected chi connectivity index (χ2v) is 5.44. The maximum Gasteiger partial charge on any atom is 0.149 e. The van der Waals surface area contributed by atoms with Gasteiger partial charge in [0.25, 0.3) is 0 Å². The minimum absolute atomic E-state index is 0.0190. The molecular weight excluding hydrogens is 240 g/mol. The first-order chi connectivity index (χ1) is 9.26. The number of rotatable bonds is 14. The molecule has 0 fully saturated rings. The Labute approximate surface area is 118 Å². The van der Waals surface area contributed by atoms with Crippen LogP contribution in [-0.4, -0.2) is 30.7 Å². The highest BCUT2D eigenvalue weighted by Gasteiger charge is 2.16. The van der Waals surface area contributed by atoms with Crippen LogP contribution in [0.15, 0.2) is 0 Å². The van der Waals surface area contributed by atoms with Crippen molar-refractivity contribution in [3.05, 3.63) is 0 Å². The summed E-state index contributed by atoms with van der Waals surface area (Å²) in [4.78, 5) is 10.9. The Morgan fingerprint density at radius 2 is 1.63 bits per heavy atom. The summed E-state index contributed by atoms with van der Waals surface area (Å²) in [5.74, 6) is 0.254. The molecule has 3 nitrogen and oxygen atoms in total. The number of hydrogen-bond acceptors (Lipinski definition) is 3. The average Bonchev–Trinajstić information content (AvgIpc) is 2.42. The van der Waals surface area contributed by atoms with E-state index < -0.39 is 0 Å². The molecule has 0 amide bonds. The van der Waals surface area contributed by atoms with Crippen LogP contribution in [0.25, 0.3) is 0 Å². The summed E-state index contributed by atoms with van der Waals surface area (Å²) in [5.41, 5.74) is 0. The van der Waals surface area contributed by atoms with Gasteiger partial charge in [0.15, 0.2) is 0 Å². The van der Waals surface area contributed by atoms with Crippen molar-refractivity contribution in [1.29, 1.82) is 0 Å². The molecule has 0 radical (unpaired) electrons. The highest BCUT2D eigenvalue weighted by atomic mass is 16.5. The molecule has 2 atom stereocenters. The summed E-state index contributed by atoms with van der Waals surface area (Å²) >= 11 is 0. The lowest BCUT2D eigenvalue weighted by Gasteiger charge is -2.18. The van der Waals surface area contributed by atoms with Crippen molar-refractivity contribution >= 4 is 6.29 Å². The molecule has 1 N–H and O–H groups in total. The molecule has 0 saturated carbocycles. The first kappa shape index (κ1) is 18.6. The third kappa shape index (κ3) is 11.1. The molecule has 0 heterocycles. The molecule has 0 saturated heterocycles. The number of carbonyl (C=O) groups excluding carboxylic acids is 1. The van der Waals surface area contributed by atoms with E-state index in [-0.39, 0.29) is 25.2 Å². The Bertz CT molecular complexity index is 194. The van der Waals surface area contributed by atoms with Gasteiger partial charge in [0.2, 0.25) is 0 Å². The standard InChI is InChI=1S/C16H32O3/c1-3-4-5-6-7-8-9-10-11-15(2)16(14-18)19-13-12-17/h14-17H,3-13H2,1-2H3. The molecule has 0 rings (SSSR count). The van der Waals surface area contributed by atoms with E-state index in [1.807, 2.05) is 0 Å². The van der Waals surface area contributed by atoms with E-state index in [0.717, 1.165) is 12.7 Å². The second kappa shape index (κ2) is 14.0. The van der Waals surface area contributed by atoms with Gasteiger partial charge in [-0.05, 0) is 12.3 Å². The Morgan fingerprint density at radius 3 is 2.16 bits per heavy atom. The summed E-state index contributed by atoms with van der Waals surface area (Å²) < 4.78 is 5.31. The highest BCUT2D eigenvalue weighted by molar-refractivity contribution is 5.56. The fourth-order valence-electron chi connectivity index (χ4n) is 2.29. The minimum Gasteiger partial charge on any atom is -0.394 e. The number of hydrogen-bond donors (Lipinski definition) is 1. The number of aldehydes is 1. The fourth-order valence-corrected chi connectivity index (χ4v) is 2.29. The fraction of sp³-hybridized carbons (Fsp3) is 0.938. The van der Waals surface area contributed by atoms with E-state index in [4.69, 9.17) is 9.84 Å². The van der Waals surface area contributed by atoms with Gasteiger partial charge in [-0.25, -0.2) is 0 Å². The van der Waals surface area contributed by atoms with E-state index in [2.05, 4.69) is 13.8 Å². The van der Waals surface area contributed by atoms with Crippen LogP contribution in [0.3, 0.4) is 0 Å². The number of aliphatic hydroxyl groups is 1. The zero-order valence-electron chi connectivity index (χ0n) is 12.8. The summed E-state index contributed by atoms with van der Waals surface area (Å²) in [6.07, 6.45) is 12.0. The SMILES string of the molecule is CCCCCCCCCCC(C)C(C=O)OCCO. The van der Waals surface area contributed by atoms with Crippen LogP contribution in [0.2, 0.25) is 0 Å². The van der Waals surface area contributed by atoms with Gasteiger partial charge in [-0.2, -0.15) is 0 Å². The molecule has 114 valence electrons. The lowest BCUT2D eigenvalue weighted by Crippen LogP contribution is -2.25. The topological polar surface area (TPSA) is 46.5 Å². The van der Waals surface area contributed by atoms with Gasteiger partial charge in [0.05, 0.1) is 13.2 Å². The van der Waals surface area contributed by atoms with Crippen molar-refractivity contribution < 1.29 is 14.6 Å². The molecule has 0 aromatic rings. The van der Waals surface area contributed by atoms with Gasteiger partial charge in [-0.3, -0.25) is 0 Å². The van der Waals surface area contributed by atoms with E-state index in [0.29, 0.717) is 0 Å². The largest absolute Gasteiger partial charge is 0.394 e. The van der Waals surface area contributed by atoms with Gasteiger partial charge in [-0.15, -0.1) is 0 Å². The zero-order chi connectivity index (χ0) is 14.3. The lowest BCUT2D eigenvalue weighted by molar-refractivity contribution is -0.122. The number of carbonyl (C=O) groups is 1. The molecular formula is C16H32O3. The average molecular weight is 272 g/mol. The minimum atomic E-state index is -0.350. The Kier molecular flexibility index (Phi) is 13.7. The molecule has 2 unspecified atom stereocenters. The molecule has 0 bridgehead atoms. The molecule has 0 aliphatic heterocycles. The maximum absolute atomic E-state index is 10.9. The third-order valence-corrected chi connectivity index (χ3v) is 3.61. The third-order valence-electron chi connectivity index (χ3n) is 3.61. The number of aliphatic hydroxyl groups excluding tert-OH is 1. The van der Waals surface area contributed by atoms with Gasteiger partial charge in [0, 0.05) is 0 Å². The van der Waals surface area contributed by atoms with Crippen molar-refractivity contribution in [2.45, 2.75) is 77.7 Å². The summed E-state index contributed by atoms with van der Waals surface area (Å²) in [6.45, 7) is 4.53. The van der Waals surface area contributed by atoms with E-state index in [9.17, 15) is 4.79 Å². The van der Waals surface area contributed by atoms with Gasteiger partial charge < -0.3 is 14.6 Å². The van der Waals surface area contributed by atoms with Crippen molar-refractivity contribution in [3.63, 3.8) is 0 Å². The van der Waals surface area contributed by atoms with Crippen molar-refractivity contribution in [2.24, 2.45) is 5.92 Å². The normalized spacial score (nSPS) is 14.3. The number of ether oxygens (including phenoxy) is 1. The first-order valence-electron chi connectivity index (χ1n) is 7.94. The highest BCUT2D eigenvalue weighted by Crippen LogP contribution is 2.16. The first-order valence-corrected chi connectivity index (χ1v) is 7.94. The molecule has 0 aromatic carbocycles. The van der Waals surface area contributed by atoms with Crippen molar-refractivity contribution in [3.8, 4) is 0 Å². The Hall–Kier alpha value is -0.410. The monoisotopic (exact) mass is 272 g/mol. The van der Waals surface area contributed by atoms with Crippen LogP contribution < -0.4 is 0 Å². The van der Waals surface area contributed by atoms with E-state index in [1.165, 1.54) is 51.4 Å². The summed E-state index contributed by atoms with van der Waals surface area (Å²) in [5, 5.41) is 8.69. The predicted octanol–water partition coefficient (Wildman–Crippen LogP) is 3.73. The van der Waals surface area contributed by atoms with Crippen molar-refractivity contribution in [1.82, 2.24) is 0 Å².